The summed E-state index contributed by atoms with van der Waals surface area (Å²) < 4.78 is 5.30. The molecule has 0 heterocycles. The molecule has 1 aromatic rings. The number of nitrogens with two attached hydrogens (primary N) is 1. The normalized spacial score (nSPS) is 9.77. The summed E-state index contributed by atoms with van der Waals surface area (Å²) in [5.41, 5.74) is 7.45. The second kappa shape index (κ2) is 3.79. The molecule has 13 heavy (non-hydrogen) atoms. The van der Waals surface area contributed by atoms with E-state index in [9.17, 15) is 4.79 Å². The largest absolute Gasteiger partial charge is 0.465 e. The summed E-state index contributed by atoms with van der Waals surface area (Å²) in [5, 5.41) is 0. The van der Waals surface area contributed by atoms with Crippen molar-refractivity contribution in [3.63, 3.8) is 0 Å². The first kappa shape index (κ1) is 10.1. The number of carbonyl (C=O) groups excluding carboxylic acids is 1. The summed E-state index contributed by atoms with van der Waals surface area (Å²) in [6.45, 7) is 1.89. The van der Waals surface area contributed by atoms with Crippen molar-refractivity contribution in [2.45, 2.75) is 6.92 Å². The van der Waals surface area contributed by atoms with Gasteiger partial charge in [-0.15, -0.1) is 0 Å². The fraction of sp³-hybridized carbons (Fsp3) is 0.222. The average molecular weight is 244 g/mol. The van der Waals surface area contributed by atoms with Gasteiger partial charge in [0.2, 0.25) is 0 Å². The Balaban J connectivity index is 3.28. The molecule has 0 saturated carbocycles. The van der Waals surface area contributed by atoms with E-state index < -0.39 is 5.97 Å². The first-order valence-electron chi connectivity index (χ1n) is 3.70. The number of halogens is 1. The second-order valence-corrected chi connectivity index (χ2v) is 3.55. The lowest BCUT2D eigenvalue weighted by Crippen LogP contribution is -2.06. The van der Waals surface area contributed by atoms with Crippen molar-refractivity contribution in [1.29, 1.82) is 0 Å². The first-order valence-corrected chi connectivity index (χ1v) is 4.49. The Labute approximate surface area is 85.0 Å². The van der Waals surface area contributed by atoms with E-state index in [-0.39, 0.29) is 0 Å². The monoisotopic (exact) mass is 243 g/mol. The van der Waals surface area contributed by atoms with Crippen LogP contribution in [0.1, 0.15) is 15.9 Å². The molecule has 0 aliphatic rings. The number of aryl methyl sites for hydroxylation is 1. The number of hydrogen-bond donors (Lipinski definition) is 1. The Kier molecular flexibility index (Phi) is 2.93. The zero-order valence-electron chi connectivity index (χ0n) is 7.43. The molecule has 4 heteroatoms. The maximum Gasteiger partial charge on any atom is 0.340 e. The van der Waals surface area contributed by atoms with Crippen molar-refractivity contribution in [1.82, 2.24) is 0 Å². The smallest absolute Gasteiger partial charge is 0.340 e. The highest BCUT2D eigenvalue weighted by molar-refractivity contribution is 9.10. The summed E-state index contributed by atoms with van der Waals surface area (Å²) in [5.74, 6) is -0.415. The molecule has 1 rings (SSSR count). The molecule has 0 aromatic heterocycles. The Hall–Kier alpha value is -1.03. The van der Waals surface area contributed by atoms with Crippen molar-refractivity contribution < 1.29 is 9.53 Å². The number of esters is 1. The van der Waals surface area contributed by atoms with Crippen LogP contribution in [0.2, 0.25) is 0 Å². The van der Waals surface area contributed by atoms with Gasteiger partial charge in [0, 0.05) is 4.47 Å². The Bertz CT molecular complexity index is 350. The van der Waals surface area contributed by atoms with Crippen LogP contribution in [0, 0.1) is 6.92 Å². The number of rotatable bonds is 1. The van der Waals surface area contributed by atoms with Crippen molar-refractivity contribution in [2.24, 2.45) is 0 Å². The lowest BCUT2D eigenvalue weighted by atomic mass is 10.1. The van der Waals surface area contributed by atoms with Gasteiger partial charge in [0.1, 0.15) is 0 Å². The summed E-state index contributed by atoms with van der Waals surface area (Å²) in [4.78, 5) is 11.2. The summed E-state index contributed by atoms with van der Waals surface area (Å²) in [7, 11) is 1.33. The lowest BCUT2D eigenvalue weighted by molar-refractivity contribution is 0.0602. The fourth-order valence-electron chi connectivity index (χ4n) is 1.03. The number of methoxy groups -OCH3 is 1. The maximum atomic E-state index is 11.2. The summed E-state index contributed by atoms with van der Waals surface area (Å²) in [6.07, 6.45) is 0. The standard InChI is InChI=1S/C9H10BrNO2/c1-5-3-6(9(12)13-2)8(11)7(10)4-5/h3-4H,11H2,1-2H3. The molecule has 70 valence electrons. The van der Waals surface area contributed by atoms with E-state index in [0.717, 1.165) is 5.56 Å². The molecule has 0 radical (unpaired) electrons. The van der Waals surface area contributed by atoms with E-state index in [1.165, 1.54) is 7.11 Å². The molecule has 0 bridgehead atoms. The van der Waals surface area contributed by atoms with Gasteiger partial charge in [0.05, 0.1) is 18.4 Å². The number of ether oxygens (including phenoxy) is 1. The van der Waals surface area contributed by atoms with Gasteiger partial charge in [-0.1, -0.05) is 0 Å². The van der Waals surface area contributed by atoms with Crippen molar-refractivity contribution in [3.05, 3.63) is 27.7 Å². The summed E-state index contributed by atoms with van der Waals surface area (Å²) in [6, 6.07) is 3.55. The van der Waals surface area contributed by atoms with Crippen molar-refractivity contribution >= 4 is 27.6 Å². The highest BCUT2D eigenvalue weighted by atomic mass is 79.9. The third-order valence-corrected chi connectivity index (χ3v) is 2.34. The van der Waals surface area contributed by atoms with E-state index >= 15 is 0 Å². The van der Waals surface area contributed by atoms with Crippen LogP contribution in [0.3, 0.4) is 0 Å². The highest BCUT2D eigenvalue weighted by Gasteiger charge is 2.12. The third kappa shape index (κ3) is 2.01. The van der Waals surface area contributed by atoms with Crippen LogP contribution < -0.4 is 5.73 Å². The maximum absolute atomic E-state index is 11.2. The summed E-state index contributed by atoms with van der Waals surface area (Å²) >= 11 is 3.26. The SMILES string of the molecule is COC(=O)c1cc(C)cc(Br)c1N. The lowest BCUT2D eigenvalue weighted by Gasteiger charge is -2.06. The highest BCUT2D eigenvalue weighted by Crippen LogP contribution is 2.25. The van der Waals surface area contributed by atoms with Crippen LogP contribution in [0.4, 0.5) is 5.69 Å². The third-order valence-electron chi connectivity index (χ3n) is 1.68. The molecule has 0 spiro atoms. The number of nitrogen functional groups attached to an aromatic ring is 1. The second-order valence-electron chi connectivity index (χ2n) is 2.70. The van der Waals surface area contributed by atoms with Gasteiger partial charge < -0.3 is 10.5 Å². The predicted molar refractivity (Wildman–Crippen MR) is 54.6 cm³/mol. The first-order chi connectivity index (χ1) is 6.06. The van der Waals surface area contributed by atoms with Crippen LogP contribution in [0.25, 0.3) is 0 Å². The molecular formula is C9H10BrNO2. The number of anilines is 1. The van der Waals surface area contributed by atoms with Gasteiger partial charge in [-0.2, -0.15) is 0 Å². The van der Waals surface area contributed by atoms with E-state index in [0.29, 0.717) is 15.7 Å². The van der Waals surface area contributed by atoms with Crippen LogP contribution in [0.15, 0.2) is 16.6 Å². The Morgan fingerprint density at radius 1 is 1.54 bits per heavy atom. The minimum absolute atomic E-state index is 0.398. The number of benzene rings is 1. The minimum atomic E-state index is -0.415. The Morgan fingerprint density at radius 3 is 2.69 bits per heavy atom. The van der Waals surface area contributed by atoms with Gasteiger partial charge in [-0.25, -0.2) is 4.79 Å². The van der Waals surface area contributed by atoms with Crippen LogP contribution >= 0.6 is 15.9 Å². The zero-order chi connectivity index (χ0) is 10.0. The molecule has 0 aliphatic carbocycles. The topological polar surface area (TPSA) is 52.3 Å². The molecule has 0 unspecified atom stereocenters. The van der Waals surface area contributed by atoms with Crippen LogP contribution in [-0.4, -0.2) is 13.1 Å². The Morgan fingerprint density at radius 2 is 2.15 bits per heavy atom. The minimum Gasteiger partial charge on any atom is -0.465 e. The van der Waals surface area contributed by atoms with E-state index in [4.69, 9.17) is 5.73 Å². The number of hydrogen-bond acceptors (Lipinski definition) is 3. The van der Waals surface area contributed by atoms with Gasteiger partial charge >= 0.3 is 5.97 Å². The van der Waals surface area contributed by atoms with E-state index in [1.807, 2.05) is 13.0 Å². The molecule has 3 nitrogen and oxygen atoms in total. The van der Waals surface area contributed by atoms with Gasteiger partial charge in [0.15, 0.2) is 0 Å². The van der Waals surface area contributed by atoms with Gasteiger partial charge in [-0.3, -0.25) is 0 Å². The number of carbonyl (C=O) groups is 1. The quantitative estimate of drug-likeness (QED) is 0.608. The van der Waals surface area contributed by atoms with Crippen LogP contribution in [-0.2, 0) is 4.74 Å². The molecule has 0 fully saturated rings. The predicted octanol–water partition coefficient (Wildman–Crippen LogP) is 2.13. The molecular weight excluding hydrogens is 234 g/mol. The average Bonchev–Trinajstić information content (AvgIpc) is 2.10. The molecule has 2 N–H and O–H groups in total. The molecule has 0 atom stereocenters. The van der Waals surface area contributed by atoms with E-state index in [2.05, 4.69) is 20.7 Å². The van der Waals surface area contributed by atoms with Gasteiger partial charge in [-0.05, 0) is 40.5 Å². The van der Waals surface area contributed by atoms with Crippen molar-refractivity contribution in [3.8, 4) is 0 Å². The molecule has 0 amide bonds. The zero-order valence-corrected chi connectivity index (χ0v) is 9.01. The van der Waals surface area contributed by atoms with Crippen molar-refractivity contribution in [2.75, 3.05) is 12.8 Å². The van der Waals surface area contributed by atoms with Gasteiger partial charge in [0.25, 0.3) is 0 Å². The fourth-order valence-corrected chi connectivity index (χ4v) is 1.61. The van der Waals surface area contributed by atoms with E-state index in [1.54, 1.807) is 6.07 Å². The molecule has 0 aliphatic heterocycles. The molecule has 1 aromatic carbocycles. The molecule has 0 saturated heterocycles. The van der Waals surface area contributed by atoms with Crippen LogP contribution in [0.5, 0.6) is 0 Å².